The van der Waals surface area contributed by atoms with Crippen LogP contribution >= 0.6 is 12.2 Å². The third-order valence-electron chi connectivity index (χ3n) is 4.12. The molecule has 3 aromatic carbocycles. The highest BCUT2D eigenvalue weighted by atomic mass is 32.1. The van der Waals surface area contributed by atoms with E-state index >= 15 is 0 Å². The molecule has 128 valence electrons. The summed E-state index contributed by atoms with van der Waals surface area (Å²) in [7, 11) is 0. The van der Waals surface area contributed by atoms with Gasteiger partial charge in [-0.2, -0.15) is 14.9 Å². The van der Waals surface area contributed by atoms with Crippen molar-refractivity contribution in [2.24, 2.45) is 5.10 Å². The summed E-state index contributed by atoms with van der Waals surface area (Å²) in [6.45, 7) is 0. The van der Waals surface area contributed by atoms with Crippen molar-refractivity contribution >= 4 is 29.2 Å². The van der Waals surface area contributed by atoms with Crippen molar-refractivity contribution in [2.45, 2.75) is 6.42 Å². The summed E-state index contributed by atoms with van der Waals surface area (Å²) in [5, 5.41) is 13.8. The summed E-state index contributed by atoms with van der Waals surface area (Å²) >= 11 is 5.28. The number of nitrogens with one attached hydrogen (secondary N) is 1. The fraction of sp³-hybridized carbons (Fsp3) is 0.0500. The zero-order valence-corrected chi connectivity index (χ0v) is 14.6. The SMILES string of the molecule is Fc1cccc(/C=N\n2c(Cc3cccc4ccccc34)n[nH]c2=S)c1. The zero-order valence-electron chi connectivity index (χ0n) is 13.8. The Morgan fingerprint density at radius 1 is 1.08 bits per heavy atom. The molecule has 0 bridgehead atoms. The van der Waals surface area contributed by atoms with Gasteiger partial charge in [0, 0.05) is 6.42 Å². The molecule has 26 heavy (non-hydrogen) atoms. The summed E-state index contributed by atoms with van der Waals surface area (Å²) in [5.74, 6) is 0.389. The highest BCUT2D eigenvalue weighted by Crippen LogP contribution is 2.20. The average molecular weight is 362 g/mol. The van der Waals surface area contributed by atoms with E-state index in [1.165, 1.54) is 22.9 Å². The number of aromatic nitrogens is 3. The molecule has 0 saturated carbocycles. The molecule has 4 nitrogen and oxygen atoms in total. The molecule has 0 unspecified atom stereocenters. The lowest BCUT2D eigenvalue weighted by atomic mass is 10.0. The van der Waals surface area contributed by atoms with Crippen LogP contribution in [0.2, 0.25) is 0 Å². The number of halogens is 1. The van der Waals surface area contributed by atoms with Gasteiger partial charge in [0.2, 0.25) is 4.77 Å². The lowest BCUT2D eigenvalue weighted by Gasteiger charge is -2.06. The van der Waals surface area contributed by atoms with E-state index in [0.29, 0.717) is 22.6 Å². The van der Waals surface area contributed by atoms with Gasteiger partial charge in [-0.05, 0) is 46.2 Å². The standard InChI is InChI=1S/C20H15FN4S/c21-17-9-3-5-14(11-17)13-22-25-19(23-24-20(25)26)12-16-8-4-7-15-6-1-2-10-18(15)16/h1-11,13H,12H2,(H,24,26)/b22-13-. The molecule has 0 radical (unpaired) electrons. The van der Waals surface area contributed by atoms with Gasteiger partial charge in [-0.15, -0.1) is 0 Å². The minimum Gasteiger partial charge on any atom is -0.250 e. The van der Waals surface area contributed by atoms with Gasteiger partial charge in [-0.3, -0.25) is 5.10 Å². The van der Waals surface area contributed by atoms with E-state index in [-0.39, 0.29) is 5.82 Å². The predicted molar refractivity (Wildman–Crippen MR) is 104 cm³/mol. The highest BCUT2D eigenvalue weighted by molar-refractivity contribution is 7.71. The molecule has 4 aromatic rings. The van der Waals surface area contributed by atoms with Crippen LogP contribution in [0.25, 0.3) is 10.8 Å². The van der Waals surface area contributed by atoms with E-state index in [0.717, 1.165) is 5.56 Å². The Hall–Kier alpha value is -3.12. The van der Waals surface area contributed by atoms with Crippen LogP contribution < -0.4 is 0 Å². The van der Waals surface area contributed by atoms with Gasteiger partial charge in [0.15, 0.2) is 5.82 Å². The number of H-pyrrole nitrogens is 1. The molecule has 4 rings (SSSR count). The minimum atomic E-state index is -0.305. The molecule has 1 aromatic heterocycles. The molecule has 0 aliphatic rings. The third-order valence-corrected chi connectivity index (χ3v) is 4.38. The largest absolute Gasteiger partial charge is 0.250 e. The van der Waals surface area contributed by atoms with E-state index in [4.69, 9.17) is 12.2 Å². The van der Waals surface area contributed by atoms with Gasteiger partial charge in [0.05, 0.1) is 6.21 Å². The number of hydrogen-bond donors (Lipinski definition) is 1. The average Bonchev–Trinajstić information content (AvgIpc) is 3.00. The lowest BCUT2D eigenvalue weighted by Crippen LogP contribution is -2.01. The van der Waals surface area contributed by atoms with E-state index in [1.807, 2.05) is 18.2 Å². The Balaban J connectivity index is 1.69. The molecule has 0 spiro atoms. The van der Waals surface area contributed by atoms with Crippen molar-refractivity contribution in [1.82, 2.24) is 14.9 Å². The number of nitrogens with zero attached hydrogens (tertiary/aromatic N) is 3. The van der Waals surface area contributed by atoms with Crippen molar-refractivity contribution in [1.29, 1.82) is 0 Å². The number of aromatic amines is 1. The van der Waals surface area contributed by atoms with E-state index in [9.17, 15) is 4.39 Å². The van der Waals surface area contributed by atoms with Crippen molar-refractivity contribution in [2.75, 3.05) is 0 Å². The van der Waals surface area contributed by atoms with Crippen LogP contribution in [0.5, 0.6) is 0 Å². The van der Waals surface area contributed by atoms with Gasteiger partial charge < -0.3 is 0 Å². The molecule has 1 N–H and O–H groups in total. The van der Waals surface area contributed by atoms with Crippen LogP contribution in [0, 0.1) is 10.6 Å². The first-order chi connectivity index (χ1) is 12.7. The molecule has 0 fully saturated rings. The first-order valence-electron chi connectivity index (χ1n) is 8.13. The second-order valence-corrected chi connectivity index (χ2v) is 6.26. The van der Waals surface area contributed by atoms with Crippen molar-refractivity contribution in [3.8, 4) is 0 Å². The van der Waals surface area contributed by atoms with Crippen LogP contribution in [0.15, 0.2) is 71.8 Å². The molecule has 6 heteroatoms. The quantitative estimate of drug-likeness (QED) is 0.422. The van der Waals surface area contributed by atoms with E-state index in [1.54, 1.807) is 23.0 Å². The van der Waals surface area contributed by atoms with Crippen LogP contribution in [0.1, 0.15) is 17.0 Å². The Morgan fingerprint density at radius 2 is 1.88 bits per heavy atom. The monoisotopic (exact) mass is 362 g/mol. The molecule has 0 atom stereocenters. The summed E-state index contributed by atoms with van der Waals surface area (Å²) in [6.07, 6.45) is 2.15. The Labute approximate surface area is 154 Å². The van der Waals surface area contributed by atoms with Gasteiger partial charge in [-0.1, -0.05) is 54.6 Å². The number of rotatable bonds is 4. The zero-order chi connectivity index (χ0) is 17.9. The van der Waals surface area contributed by atoms with Gasteiger partial charge >= 0.3 is 0 Å². The smallest absolute Gasteiger partial charge is 0.216 e. The maximum Gasteiger partial charge on any atom is 0.216 e. The first-order valence-corrected chi connectivity index (χ1v) is 8.54. The Kier molecular flexibility index (Phi) is 4.41. The highest BCUT2D eigenvalue weighted by Gasteiger charge is 2.09. The molecular formula is C20H15FN4S. The van der Waals surface area contributed by atoms with Crippen molar-refractivity contribution in [3.05, 3.63) is 94.3 Å². The number of hydrogen-bond acceptors (Lipinski definition) is 3. The maximum atomic E-state index is 13.3. The van der Waals surface area contributed by atoms with Gasteiger partial charge in [0.25, 0.3) is 0 Å². The van der Waals surface area contributed by atoms with Crippen molar-refractivity contribution < 1.29 is 4.39 Å². The second kappa shape index (κ2) is 7.01. The van der Waals surface area contributed by atoms with E-state index < -0.39 is 0 Å². The van der Waals surface area contributed by atoms with Gasteiger partial charge in [-0.25, -0.2) is 4.39 Å². The molecule has 1 heterocycles. The molecule has 0 aliphatic heterocycles. The molecule has 0 aliphatic carbocycles. The van der Waals surface area contributed by atoms with Gasteiger partial charge in [0.1, 0.15) is 5.82 Å². The topological polar surface area (TPSA) is 46.0 Å². The van der Waals surface area contributed by atoms with Crippen molar-refractivity contribution in [3.63, 3.8) is 0 Å². The minimum absolute atomic E-state index is 0.305. The summed E-state index contributed by atoms with van der Waals surface area (Å²) in [5.41, 5.74) is 1.79. The van der Waals surface area contributed by atoms with E-state index in [2.05, 4.69) is 39.6 Å². The Bertz CT molecular complexity index is 1150. The maximum absolute atomic E-state index is 13.3. The Morgan fingerprint density at radius 3 is 2.77 bits per heavy atom. The van der Waals surface area contributed by atoms with Crippen LogP contribution in [0.3, 0.4) is 0 Å². The normalized spacial score (nSPS) is 11.4. The predicted octanol–water partition coefficient (Wildman–Crippen LogP) is 4.71. The number of fused-ring (bicyclic) bond motifs is 1. The first kappa shape index (κ1) is 16.4. The number of benzene rings is 3. The van der Waals surface area contributed by atoms with Crippen LogP contribution in [-0.4, -0.2) is 21.1 Å². The second-order valence-electron chi connectivity index (χ2n) is 5.87. The van der Waals surface area contributed by atoms with Crippen LogP contribution in [-0.2, 0) is 6.42 Å². The fourth-order valence-corrected chi connectivity index (χ4v) is 3.08. The summed E-state index contributed by atoms with van der Waals surface area (Å²) < 4.78 is 15.3. The molecule has 0 amide bonds. The van der Waals surface area contributed by atoms with Crippen LogP contribution in [0.4, 0.5) is 4.39 Å². The lowest BCUT2D eigenvalue weighted by molar-refractivity contribution is 0.627. The molecule has 0 saturated heterocycles. The molecular weight excluding hydrogens is 347 g/mol. The fourth-order valence-electron chi connectivity index (χ4n) is 2.89. The summed E-state index contributed by atoms with van der Waals surface area (Å²) in [4.78, 5) is 0. The third kappa shape index (κ3) is 3.32. The summed E-state index contributed by atoms with van der Waals surface area (Å²) in [6, 6.07) is 20.6.